The molecule has 1 rings (SSSR count). The Morgan fingerprint density at radius 1 is 1.50 bits per heavy atom. The van der Waals surface area contributed by atoms with Crippen LogP contribution in [-0.2, 0) is 4.74 Å². The largest absolute Gasteiger partial charge is 0.379 e. The fourth-order valence-electron chi connectivity index (χ4n) is 1.46. The molecular formula is C12H17BrINO. The van der Waals surface area contributed by atoms with Crippen LogP contribution >= 0.6 is 38.5 Å². The predicted molar refractivity (Wildman–Crippen MR) is 79.8 cm³/mol. The molecule has 0 radical (unpaired) electrons. The van der Waals surface area contributed by atoms with E-state index in [-0.39, 0.29) is 6.04 Å². The molecule has 0 aliphatic rings. The van der Waals surface area contributed by atoms with Gasteiger partial charge in [0.15, 0.2) is 0 Å². The minimum atomic E-state index is 0.260. The maximum absolute atomic E-state index is 5.60. The van der Waals surface area contributed by atoms with Crippen molar-refractivity contribution in [1.29, 1.82) is 0 Å². The Bertz CT molecular complexity index is 333. The third-order valence-corrected chi connectivity index (χ3v) is 3.79. The summed E-state index contributed by atoms with van der Waals surface area (Å²) in [7, 11) is 1.97. The van der Waals surface area contributed by atoms with Gasteiger partial charge in [-0.05, 0) is 59.8 Å². The highest BCUT2D eigenvalue weighted by atomic mass is 127. The van der Waals surface area contributed by atoms with Gasteiger partial charge >= 0.3 is 0 Å². The molecule has 90 valence electrons. The molecule has 0 fully saturated rings. The van der Waals surface area contributed by atoms with Gasteiger partial charge in [-0.3, -0.25) is 0 Å². The van der Waals surface area contributed by atoms with Gasteiger partial charge in [0.1, 0.15) is 0 Å². The van der Waals surface area contributed by atoms with Gasteiger partial charge in [-0.2, -0.15) is 0 Å². The zero-order chi connectivity index (χ0) is 12.0. The Balaban J connectivity index is 2.73. The van der Waals surface area contributed by atoms with E-state index in [9.17, 15) is 0 Å². The molecule has 1 aromatic rings. The minimum absolute atomic E-state index is 0.260. The first kappa shape index (κ1) is 14.4. The smallest absolute Gasteiger partial charge is 0.0661 e. The first-order valence-corrected chi connectivity index (χ1v) is 7.26. The Hall–Kier alpha value is 0.350. The molecule has 0 amide bonds. The molecule has 4 heteroatoms. The number of hydrogen-bond donors (Lipinski definition) is 1. The molecule has 1 atom stereocenters. The quantitative estimate of drug-likeness (QED) is 0.583. The van der Waals surface area contributed by atoms with Gasteiger partial charge < -0.3 is 10.1 Å². The van der Waals surface area contributed by atoms with Crippen molar-refractivity contribution in [3.05, 3.63) is 31.8 Å². The van der Waals surface area contributed by atoms with Crippen molar-refractivity contribution in [2.75, 3.05) is 20.3 Å². The molecule has 2 nitrogen and oxygen atoms in total. The lowest BCUT2D eigenvalue weighted by atomic mass is 10.1. The fraction of sp³-hybridized carbons (Fsp3) is 0.500. The monoisotopic (exact) mass is 397 g/mol. The summed E-state index contributed by atoms with van der Waals surface area (Å²) in [6.07, 6.45) is 1.06. The van der Waals surface area contributed by atoms with Crippen molar-refractivity contribution < 1.29 is 4.74 Å². The molecule has 1 N–H and O–H groups in total. The zero-order valence-corrected chi connectivity index (χ0v) is 13.3. The lowest BCUT2D eigenvalue weighted by Crippen LogP contribution is -2.23. The Morgan fingerprint density at radius 2 is 2.25 bits per heavy atom. The fourth-order valence-corrected chi connectivity index (χ4v) is 2.55. The lowest BCUT2D eigenvalue weighted by molar-refractivity contribution is 0.114. The van der Waals surface area contributed by atoms with Crippen molar-refractivity contribution in [1.82, 2.24) is 5.32 Å². The lowest BCUT2D eigenvalue weighted by Gasteiger charge is -2.18. The second-order valence-corrected chi connectivity index (χ2v) is 5.66. The average molecular weight is 398 g/mol. The maximum atomic E-state index is 5.60. The van der Waals surface area contributed by atoms with Crippen LogP contribution in [0.1, 0.15) is 24.9 Å². The minimum Gasteiger partial charge on any atom is -0.379 e. The van der Waals surface area contributed by atoms with Crippen LogP contribution in [0.3, 0.4) is 0 Å². The first-order valence-electron chi connectivity index (χ1n) is 5.39. The number of halogens is 2. The third kappa shape index (κ3) is 4.31. The Kier molecular flexibility index (Phi) is 6.87. The highest BCUT2D eigenvalue weighted by Crippen LogP contribution is 2.24. The molecule has 0 aliphatic heterocycles. The summed E-state index contributed by atoms with van der Waals surface area (Å²) < 4.78 is 7.98. The number of hydrogen-bond acceptors (Lipinski definition) is 2. The van der Waals surface area contributed by atoms with Crippen LogP contribution in [0.2, 0.25) is 0 Å². The molecule has 16 heavy (non-hydrogen) atoms. The predicted octanol–water partition coefficient (Wildman–Crippen LogP) is 3.74. The molecular weight excluding hydrogens is 381 g/mol. The molecule has 1 unspecified atom stereocenters. The van der Waals surface area contributed by atoms with Crippen LogP contribution in [0.5, 0.6) is 0 Å². The molecule has 0 aromatic heterocycles. The van der Waals surface area contributed by atoms with E-state index in [0.29, 0.717) is 0 Å². The highest BCUT2D eigenvalue weighted by molar-refractivity contribution is 14.1. The first-order chi connectivity index (χ1) is 7.69. The average Bonchev–Trinajstić information content (AvgIpc) is 2.28. The van der Waals surface area contributed by atoms with Gasteiger partial charge in [0.2, 0.25) is 0 Å². The summed E-state index contributed by atoms with van der Waals surface area (Å²) >= 11 is 5.86. The van der Waals surface area contributed by atoms with Gasteiger partial charge in [0.25, 0.3) is 0 Å². The van der Waals surface area contributed by atoms with Gasteiger partial charge in [0, 0.05) is 14.6 Å². The Morgan fingerprint density at radius 3 is 2.88 bits per heavy atom. The van der Waals surface area contributed by atoms with E-state index >= 15 is 0 Å². The van der Waals surface area contributed by atoms with Crippen molar-refractivity contribution in [2.24, 2.45) is 0 Å². The molecule has 0 saturated carbocycles. The number of rotatable bonds is 6. The van der Waals surface area contributed by atoms with E-state index in [2.05, 4.69) is 69.0 Å². The van der Waals surface area contributed by atoms with Crippen molar-refractivity contribution in [2.45, 2.75) is 19.4 Å². The van der Waals surface area contributed by atoms with Gasteiger partial charge in [0.05, 0.1) is 12.6 Å². The van der Waals surface area contributed by atoms with Crippen molar-refractivity contribution in [3.8, 4) is 0 Å². The van der Waals surface area contributed by atoms with E-state index in [4.69, 9.17) is 4.74 Å². The number of likely N-dealkylation sites (N-methyl/N-ethyl adjacent to an activating group) is 1. The van der Waals surface area contributed by atoms with Crippen LogP contribution in [-0.4, -0.2) is 20.3 Å². The van der Waals surface area contributed by atoms with E-state index in [1.807, 2.05) is 7.05 Å². The van der Waals surface area contributed by atoms with Crippen LogP contribution in [0.25, 0.3) is 0 Å². The van der Waals surface area contributed by atoms with E-state index in [1.54, 1.807) is 0 Å². The summed E-state index contributed by atoms with van der Waals surface area (Å²) in [5.41, 5.74) is 1.29. The summed E-state index contributed by atoms with van der Waals surface area (Å²) in [4.78, 5) is 0. The van der Waals surface area contributed by atoms with E-state index < -0.39 is 0 Å². The SMILES string of the molecule is CCCOCC(NC)c1cc(Br)ccc1I. The Labute approximate surface area is 119 Å². The summed E-state index contributed by atoms with van der Waals surface area (Å²) in [5.74, 6) is 0. The second-order valence-electron chi connectivity index (χ2n) is 3.58. The highest BCUT2D eigenvalue weighted by Gasteiger charge is 2.12. The van der Waals surface area contributed by atoms with Crippen LogP contribution in [0, 0.1) is 3.57 Å². The number of ether oxygens (including phenoxy) is 1. The molecule has 1 aromatic carbocycles. The van der Waals surface area contributed by atoms with Crippen LogP contribution in [0.4, 0.5) is 0 Å². The zero-order valence-electron chi connectivity index (χ0n) is 9.59. The molecule has 0 aliphatic carbocycles. The summed E-state index contributed by atoms with van der Waals surface area (Å²) in [5, 5.41) is 3.29. The van der Waals surface area contributed by atoms with E-state index in [0.717, 1.165) is 24.1 Å². The van der Waals surface area contributed by atoms with Crippen LogP contribution in [0.15, 0.2) is 22.7 Å². The number of nitrogens with one attached hydrogen (secondary N) is 1. The standard InChI is InChI=1S/C12H17BrINO/c1-3-6-16-8-12(15-2)10-7-9(13)4-5-11(10)14/h4-5,7,12,15H,3,6,8H2,1-2H3. The molecule has 0 bridgehead atoms. The molecule has 0 spiro atoms. The number of benzene rings is 1. The van der Waals surface area contributed by atoms with Gasteiger partial charge in [-0.1, -0.05) is 22.9 Å². The third-order valence-electron chi connectivity index (χ3n) is 2.31. The van der Waals surface area contributed by atoms with Crippen molar-refractivity contribution in [3.63, 3.8) is 0 Å². The summed E-state index contributed by atoms with van der Waals surface area (Å²) in [6.45, 7) is 3.66. The van der Waals surface area contributed by atoms with Gasteiger partial charge in [-0.15, -0.1) is 0 Å². The van der Waals surface area contributed by atoms with Crippen molar-refractivity contribution >= 4 is 38.5 Å². The summed E-state index contributed by atoms with van der Waals surface area (Å²) in [6, 6.07) is 6.59. The van der Waals surface area contributed by atoms with Gasteiger partial charge in [-0.25, -0.2) is 0 Å². The topological polar surface area (TPSA) is 21.3 Å². The molecule has 0 saturated heterocycles. The molecule has 0 heterocycles. The maximum Gasteiger partial charge on any atom is 0.0661 e. The van der Waals surface area contributed by atoms with Crippen LogP contribution < -0.4 is 5.32 Å². The van der Waals surface area contributed by atoms with E-state index in [1.165, 1.54) is 9.13 Å². The second kappa shape index (κ2) is 7.63. The normalized spacial score (nSPS) is 12.8.